The van der Waals surface area contributed by atoms with Crippen LogP contribution >= 0.6 is 24.0 Å². The van der Waals surface area contributed by atoms with Crippen molar-refractivity contribution in [1.29, 1.82) is 0 Å². The van der Waals surface area contributed by atoms with Gasteiger partial charge in [-0.3, -0.25) is 9.89 Å². The SMILES string of the molecule is CCNC(=NCCCN1CC(C)OC(C)C1)NC1CC1C.I. The second-order valence-electron chi connectivity index (χ2n) is 6.59. The normalized spacial score (nSPS) is 32.3. The number of aliphatic imine (C=N–C) groups is 1. The minimum atomic E-state index is 0. The second-order valence-corrected chi connectivity index (χ2v) is 6.59. The topological polar surface area (TPSA) is 48.9 Å². The first-order chi connectivity index (χ1) is 10.1. The highest BCUT2D eigenvalue weighted by Gasteiger charge is 2.33. The smallest absolute Gasteiger partial charge is 0.191 e. The van der Waals surface area contributed by atoms with Crippen LogP contribution in [0.1, 0.15) is 40.5 Å². The van der Waals surface area contributed by atoms with Crippen LogP contribution in [0.3, 0.4) is 0 Å². The van der Waals surface area contributed by atoms with E-state index in [1.165, 1.54) is 6.42 Å². The summed E-state index contributed by atoms with van der Waals surface area (Å²) in [5.74, 6) is 1.78. The van der Waals surface area contributed by atoms with E-state index in [0.29, 0.717) is 18.2 Å². The number of ether oxygens (including phenoxy) is 1. The van der Waals surface area contributed by atoms with Gasteiger partial charge in [-0.1, -0.05) is 6.92 Å². The van der Waals surface area contributed by atoms with Crippen LogP contribution in [-0.2, 0) is 4.74 Å². The van der Waals surface area contributed by atoms with Crippen LogP contribution < -0.4 is 10.6 Å². The van der Waals surface area contributed by atoms with Crippen molar-refractivity contribution in [2.45, 2.75) is 58.8 Å². The van der Waals surface area contributed by atoms with Gasteiger partial charge >= 0.3 is 0 Å². The lowest BCUT2D eigenvalue weighted by Crippen LogP contribution is -2.45. The lowest BCUT2D eigenvalue weighted by molar-refractivity contribution is -0.0679. The number of nitrogens with zero attached hydrogens (tertiary/aromatic N) is 2. The predicted molar refractivity (Wildman–Crippen MR) is 103 cm³/mol. The fourth-order valence-electron chi connectivity index (χ4n) is 2.97. The number of halogens is 1. The molecule has 5 nitrogen and oxygen atoms in total. The average Bonchev–Trinajstić information content (AvgIpc) is 3.09. The summed E-state index contributed by atoms with van der Waals surface area (Å²) in [6.07, 6.45) is 3.09. The zero-order valence-electron chi connectivity index (χ0n) is 14.5. The van der Waals surface area contributed by atoms with Gasteiger partial charge in [0.05, 0.1) is 12.2 Å². The molecule has 1 heterocycles. The minimum Gasteiger partial charge on any atom is -0.373 e. The van der Waals surface area contributed by atoms with Crippen LogP contribution in [0.2, 0.25) is 0 Å². The van der Waals surface area contributed by atoms with Crippen molar-refractivity contribution in [1.82, 2.24) is 15.5 Å². The van der Waals surface area contributed by atoms with Gasteiger partial charge in [0, 0.05) is 38.8 Å². The molecule has 0 radical (unpaired) electrons. The molecular weight excluding hydrogens is 391 g/mol. The Morgan fingerprint density at radius 3 is 2.41 bits per heavy atom. The molecule has 2 rings (SSSR count). The van der Waals surface area contributed by atoms with Crippen molar-refractivity contribution in [2.75, 3.05) is 32.7 Å². The summed E-state index contributed by atoms with van der Waals surface area (Å²) in [5, 5.41) is 6.83. The molecule has 2 fully saturated rings. The monoisotopic (exact) mass is 424 g/mol. The molecule has 2 N–H and O–H groups in total. The van der Waals surface area contributed by atoms with E-state index in [9.17, 15) is 0 Å². The van der Waals surface area contributed by atoms with Crippen molar-refractivity contribution < 1.29 is 4.74 Å². The summed E-state index contributed by atoms with van der Waals surface area (Å²) < 4.78 is 5.76. The quantitative estimate of drug-likeness (QED) is 0.297. The van der Waals surface area contributed by atoms with Crippen molar-refractivity contribution >= 4 is 29.9 Å². The predicted octanol–water partition coefficient (Wildman–Crippen LogP) is 2.07. The fourth-order valence-corrected chi connectivity index (χ4v) is 2.97. The highest BCUT2D eigenvalue weighted by molar-refractivity contribution is 14.0. The number of hydrogen-bond donors (Lipinski definition) is 2. The van der Waals surface area contributed by atoms with Gasteiger partial charge in [0.25, 0.3) is 0 Å². The first-order valence-electron chi connectivity index (χ1n) is 8.51. The van der Waals surface area contributed by atoms with Gasteiger partial charge in [-0.2, -0.15) is 0 Å². The number of morpholine rings is 1. The first-order valence-corrected chi connectivity index (χ1v) is 8.51. The van der Waals surface area contributed by atoms with E-state index in [4.69, 9.17) is 4.74 Å². The van der Waals surface area contributed by atoms with Crippen LogP contribution in [0.15, 0.2) is 4.99 Å². The highest BCUT2D eigenvalue weighted by atomic mass is 127. The lowest BCUT2D eigenvalue weighted by Gasteiger charge is -2.35. The Morgan fingerprint density at radius 1 is 1.23 bits per heavy atom. The van der Waals surface area contributed by atoms with Crippen LogP contribution in [0, 0.1) is 5.92 Å². The summed E-state index contributed by atoms with van der Waals surface area (Å²) in [6.45, 7) is 13.7. The number of nitrogens with one attached hydrogen (secondary N) is 2. The molecule has 0 aromatic heterocycles. The van der Waals surface area contributed by atoms with Gasteiger partial charge in [-0.25, -0.2) is 0 Å². The molecule has 6 heteroatoms. The standard InChI is InChI=1S/C16H32N4O.HI/c1-5-17-16(19-15-9-12(15)2)18-7-6-8-20-10-13(3)21-14(4)11-20;/h12-15H,5-11H2,1-4H3,(H2,17,18,19);1H. The molecule has 0 aromatic rings. The molecule has 4 unspecified atom stereocenters. The Kier molecular flexibility index (Phi) is 9.01. The maximum Gasteiger partial charge on any atom is 0.191 e. The van der Waals surface area contributed by atoms with Crippen molar-refractivity contribution in [3.63, 3.8) is 0 Å². The number of hydrogen-bond acceptors (Lipinski definition) is 3. The van der Waals surface area contributed by atoms with Crippen molar-refractivity contribution in [2.24, 2.45) is 10.9 Å². The van der Waals surface area contributed by atoms with E-state index < -0.39 is 0 Å². The first kappa shape index (κ1) is 20.0. The highest BCUT2D eigenvalue weighted by Crippen LogP contribution is 2.28. The summed E-state index contributed by atoms with van der Waals surface area (Å²) in [5.41, 5.74) is 0. The summed E-state index contributed by atoms with van der Waals surface area (Å²) in [4.78, 5) is 7.18. The Labute approximate surface area is 152 Å². The Balaban J connectivity index is 0.00000242. The molecule has 22 heavy (non-hydrogen) atoms. The molecule has 4 atom stereocenters. The van der Waals surface area contributed by atoms with E-state index in [1.807, 2.05) is 0 Å². The van der Waals surface area contributed by atoms with E-state index in [1.54, 1.807) is 0 Å². The van der Waals surface area contributed by atoms with E-state index in [-0.39, 0.29) is 24.0 Å². The zero-order valence-corrected chi connectivity index (χ0v) is 16.8. The van der Waals surface area contributed by atoms with E-state index in [0.717, 1.165) is 51.0 Å². The van der Waals surface area contributed by atoms with Crippen LogP contribution in [0.4, 0.5) is 0 Å². The molecule has 1 aliphatic heterocycles. The Morgan fingerprint density at radius 2 is 1.86 bits per heavy atom. The maximum atomic E-state index is 5.76. The van der Waals surface area contributed by atoms with Crippen LogP contribution in [-0.4, -0.2) is 61.8 Å². The molecule has 1 saturated heterocycles. The summed E-state index contributed by atoms with van der Waals surface area (Å²) in [7, 11) is 0. The molecule has 130 valence electrons. The van der Waals surface area contributed by atoms with Gasteiger partial charge in [0.1, 0.15) is 0 Å². The summed E-state index contributed by atoms with van der Waals surface area (Å²) >= 11 is 0. The zero-order chi connectivity index (χ0) is 15.2. The Hall–Kier alpha value is -0.0800. The molecule has 0 bridgehead atoms. The third kappa shape index (κ3) is 7.00. The van der Waals surface area contributed by atoms with Crippen LogP contribution in [0.5, 0.6) is 0 Å². The van der Waals surface area contributed by atoms with Crippen molar-refractivity contribution in [3.8, 4) is 0 Å². The van der Waals surface area contributed by atoms with E-state index in [2.05, 4.69) is 48.2 Å². The number of rotatable bonds is 6. The minimum absolute atomic E-state index is 0. The van der Waals surface area contributed by atoms with Gasteiger partial charge < -0.3 is 15.4 Å². The largest absolute Gasteiger partial charge is 0.373 e. The van der Waals surface area contributed by atoms with E-state index >= 15 is 0 Å². The molecule has 1 aliphatic carbocycles. The van der Waals surface area contributed by atoms with Gasteiger partial charge in [0.2, 0.25) is 0 Å². The third-order valence-corrected chi connectivity index (χ3v) is 4.17. The molecule has 1 saturated carbocycles. The fraction of sp³-hybridized carbons (Fsp3) is 0.938. The average molecular weight is 424 g/mol. The second kappa shape index (κ2) is 9.93. The molecule has 2 aliphatic rings. The Bertz CT molecular complexity index is 343. The molecular formula is C16H33IN4O. The molecule has 0 aromatic carbocycles. The maximum absolute atomic E-state index is 5.76. The van der Waals surface area contributed by atoms with Gasteiger partial charge in [-0.05, 0) is 39.5 Å². The summed E-state index contributed by atoms with van der Waals surface area (Å²) in [6, 6.07) is 0.628. The van der Waals surface area contributed by atoms with Crippen molar-refractivity contribution in [3.05, 3.63) is 0 Å². The van der Waals surface area contributed by atoms with Gasteiger partial charge in [-0.15, -0.1) is 24.0 Å². The van der Waals surface area contributed by atoms with Gasteiger partial charge in [0.15, 0.2) is 5.96 Å². The lowest BCUT2D eigenvalue weighted by atomic mass is 10.2. The third-order valence-electron chi connectivity index (χ3n) is 4.17. The van der Waals surface area contributed by atoms with Crippen LogP contribution in [0.25, 0.3) is 0 Å². The molecule has 0 amide bonds. The molecule has 0 spiro atoms. The number of guanidine groups is 1.